The van der Waals surface area contributed by atoms with E-state index in [4.69, 9.17) is 0 Å². The Morgan fingerprint density at radius 3 is 2.19 bits per heavy atom. The molecule has 0 saturated carbocycles. The first-order valence-corrected chi connectivity index (χ1v) is 3.65. The molecule has 1 aromatic carbocycles. The highest BCUT2D eigenvalue weighted by Crippen LogP contribution is 2.25. The molecule has 88 valence electrons. The molecular weight excluding hydrogens is 242 g/mol. The van der Waals surface area contributed by atoms with E-state index in [0.717, 1.165) is 0 Å². The number of carbonyl (C=O) groups is 1. The van der Waals surface area contributed by atoms with Crippen LogP contribution in [-0.4, -0.2) is 12.1 Å². The zero-order valence-electron chi connectivity index (χ0n) is 7.24. The summed E-state index contributed by atoms with van der Waals surface area (Å²) in [5.74, 6) is -9.23. The van der Waals surface area contributed by atoms with Gasteiger partial charge in [0.05, 0.1) is 0 Å². The molecule has 1 aromatic rings. The van der Waals surface area contributed by atoms with Gasteiger partial charge in [-0.15, -0.1) is 0 Å². The Kier molecular flexibility index (Phi) is 3.11. The molecule has 0 spiro atoms. The summed E-state index contributed by atoms with van der Waals surface area (Å²) in [6.45, 7) is 0. The third-order valence-corrected chi connectivity index (χ3v) is 1.39. The summed E-state index contributed by atoms with van der Waals surface area (Å²) in [6, 6.07) is 0.225. The van der Waals surface area contributed by atoms with Crippen molar-refractivity contribution in [1.82, 2.24) is 0 Å². The summed E-state index contributed by atoms with van der Waals surface area (Å²) in [7, 11) is 0. The number of hydrogen-bond donors (Lipinski definition) is 0. The van der Waals surface area contributed by atoms with Crippen molar-refractivity contribution in [2.24, 2.45) is 0 Å². The van der Waals surface area contributed by atoms with Crippen LogP contribution < -0.4 is 4.74 Å². The van der Waals surface area contributed by atoms with E-state index in [9.17, 15) is 31.1 Å². The zero-order valence-corrected chi connectivity index (χ0v) is 7.24. The lowest BCUT2D eigenvalue weighted by Gasteiger charge is -2.07. The van der Waals surface area contributed by atoms with Gasteiger partial charge < -0.3 is 4.74 Å². The Balaban J connectivity index is 3.03. The van der Waals surface area contributed by atoms with E-state index in [0.29, 0.717) is 0 Å². The van der Waals surface area contributed by atoms with Crippen molar-refractivity contribution in [3.8, 4) is 5.75 Å². The van der Waals surface area contributed by atoms with Gasteiger partial charge in [0.15, 0.2) is 11.6 Å². The monoisotopic (exact) mass is 244 g/mol. The fourth-order valence-electron chi connectivity index (χ4n) is 0.764. The summed E-state index contributed by atoms with van der Waals surface area (Å²) in [5, 5.41) is 0. The first kappa shape index (κ1) is 12.3. The van der Waals surface area contributed by atoms with Crippen molar-refractivity contribution in [3.63, 3.8) is 0 Å². The van der Waals surface area contributed by atoms with Crippen LogP contribution >= 0.6 is 0 Å². The van der Waals surface area contributed by atoms with Gasteiger partial charge in [0.1, 0.15) is 5.82 Å². The second kappa shape index (κ2) is 4.03. The van der Waals surface area contributed by atoms with Crippen molar-refractivity contribution in [2.75, 3.05) is 0 Å². The summed E-state index contributed by atoms with van der Waals surface area (Å²) in [4.78, 5) is 10.3. The van der Waals surface area contributed by atoms with E-state index >= 15 is 0 Å². The van der Waals surface area contributed by atoms with Gasteiger partial charge >= 0.3 is 12.1 Å². The van der Waals surface area contributed by atoms with E-state index in [2.05, 4.69) is 4.74 Å². The molecule has 0 fully saturated rings. The van der Waals surface area contributed by atoms with Gasteiger partial charge in [-0.3, -0.25) is 0 Å². The lowest BCUT2D eigenvalue weighted by molar-refractivity contribution is -0.189. The lowest BCUT2D eigenvalue weighted by Crippen LogP contribution is -2.28. The standard InChI is InChI=1S/C8H2F6O2/c9-3-1-4(10)6(11)5(2-3)16-7(15)8(12,13)14/h1-2H. The summed E-state index contributed by atoms with van der Waals surface area (Å²) in [6.07, 6.45) is -5.38. The van der Waals surface area contributed by atoms with Crippen LogP contribution in [0.3, 0.4) is 0 Å². The second-order valence-electron chi connectivity index (χ2n) is 2.59. The maximum atomic E-state index is 12.7. The van der Waals surface area contributed by atoms with Crippen molar-refractivity contribution >= 4 is 5.97 Å². The van der Waals surface area contributed by atoms with Crippen LogP contribution in [0.25, 0.3) is 0 Å². The number of carbonyl (C=O) groups excluding carboxylic acids is 1. The Bertz CT molecular complexity index is 425. The van der Waals surface area contributed by atoms with Crippen molar-refractivity contribution in [2.45, 2.75) is 6.18 Å². The third kappa shape index (κ3) is 2.65. The summed E-state index contributed by atoms with van der Waals surface area (Å²) < 4.78 is 76.2. The minimum atomic E-state index is -5.38. The molecule has 0 amide bonds. The fourth-order valence-corrected chi connectivity index (χ4v) is 0.764. The van der Waals surface area contributed by atoms with Crippen molar-refractivity contribution in [3.05, 3.63) is 29.6 Å². The number of halogens is 6. The molecule has 0 bridgehead atoms. The van der Waals surface area contributed by atoms with Crippen LogP contribution in [0.15, 0.2) is 12.1 Å². The van der Waals surface area contributed by atoms with E-state index in [-0.39, 0.29) is 12.1 Å². The number of ether oxygens (including phenoxy) is 1. The average molecular weight is 244 g/mol. The van der Waals surface area contributed by atoms with Crippen LogP contribution in [-0.2, 0) is 4.79 Å². The smallest absolute Gasteiger partial charge is 0.416 e. The predicted octanol–water partition coefficient (Wildman–Crippen LogP) is 2.57. The van der Waals surface area contributed by atoms with Gasteiger partial charge in [0.25, 0.3) is 0 Å². The minimum Gasteiger partial charge on any atom is -0.416 e. The number of alkyl halides is 3. The fraction of sp³-hybridized carbons (Fsp3) is 0.125. The van der Waals surface area contributed by atoms with Gasteiger partial charge in [-0.1, -0.05) is 0 Å². The van der Waals surface area contributed by atoms with E-state index in [1.54, 1.807) is 0 Å². The molecule has 16 heavy (non-hydrogen) atoms. The molecule has 0 aliphatic rings. The Hall–Kier alpha value is -1.73. The zero-order chi connectivity index (χ0) is 12.5. The number of benzene rings is 1. The van der Waals surface area contributed by atoms with Crippen LogP contribution in [0, 0.1) is 17.5 Å². The highest BCUT2D eigenvalue weighted by atomic mass is 19.4. The molecule has 0 unspecified atom stereocenters. The number of esters is 1. The SMILES string of the molecule is O=C(Oc1cc(F)cc(F)c1F)C(F)(F)F. The highest BCUT2D eigenvalue weighted by molar-refractivity contribution is 5.78. The average Bonchev–Trinajstić information content (AvgIpc) is 2.11. The predicted molar refractivity (Wildman–Crippen MR) is 38.0 cm³/mol. The van der Waals surface area contributed by atoms with Crippen molar-refractivity contribution in [1.29, 1.82) is 0 Å². The second-order valence-corrected chi connectivity index (χ2v) is 2.59. The Morgan fingerprint density at radius 1 is 1.12 bits per heavy atom. The van der Waals surface area contributed by atoms with Gasteiger partial charge in [-0.25, -0.2) is 13.6 Å². The van der Waals surface area contributed by atoms with E-state index in [1.165, 1.54) is 0 Å². The van der Waals surface area contributed by atoms with E-state index in [1.807, 2.05) is 0 Å². The third-order valence-electron chi connectivity index (χ3n) is 1.39. The molecule has 0 aliphatic carbocycles. The van der Waals surface area contributed by atoms with Gasteiger partial charge in [0.2, 0.25) is 5.82 Å². The molecule has 8 heteroatoms. The first-order valence-electron chi connectivity index (χ1n) is 3.65. The van der Waals surface area contributed by atoms with Gasteiger partial charge in [-0.2, -0.15) is 17.6 Å². The molecular formula is C8H2F6O2. The summed E-state index contributed by atoms with van der Waals surface area (Å²) >= 11 is 0. The molecule has 0 aliphatic heterocycles. The topological polar surface area (TPSA) is 26.3 Å². The van der Waals surface area contributed by atoms with Crippen LogP contribution in [0.4, 0.5) is 26.3 Å². The van der Waals surface area contributed by atoms with Crippen molar-refractivity contribution < 1.29 is 35.9 Å². The highest BCUT2D eigenvalue weighted by Gasteiger charge is 2.42. The van der Waals surface area contributed by atoms with Crippen LogP contribution in [0.1, 0.15) is 0 Å². The summed E-state index contributed by atoms with van der Waals surface area (Å²) in [5.41, 5.74) is 0. The van der Waals surface area contributed by atoms with E-state index < -0.39 is 35.3 Å². The Morgan fingerprint density at radius 2 is 1.69 bits per heavy atom. The molecule has 0 atom stereocenters. The first-order chi connectivity index (χ1) is 7.21. The lowest BCUT2D eigenvalue weighted by atomic mass is 10.3. The molecule has 2 nitrogen and oxygen atoms in total. The molecule has 0 heterocycles. The quantitative estimate of drug-likeness (QED) is 0.328. The normalized spacial score (nSPS) is 11.4. The minimum absolute atomic E-state index is 0.0975. The maximum absolute atomic E-state index is 12.7. The largest absolute Gasteiger partial charge is 0.491 e. The number of hydrogen-bond acceptors (Lipinski definition) is 2. The Labute approximate surface area is 84.4 Å². The van der Waals surface area contributed by atoms with Gasteiger partial charge in [0, 0.05) is 12.1 Å². The molecule has 0 saturated heterocycles. The molecule has 0 N–H and O–H groups in total. The number of rotatable bonds is 1. The maximum Gasteiger partial charge on any atom is 0.491 e. The molecule has 1 rings (SSSR count). The van der Waals surface area contributed by atoms with Crippen LogP contribution in [0.2, 0.25) is 0 Å². The van der Waals surface area contributed by atoms with Crippen LogP contribution in [0.5, 0.6) is 5.75 Å². The molecule has 0 radical (unpaired) electrons. The molecule has 0 aromatic heterocycles. The van der Waals surface area contributed by atoms with Gasteiger partial charge in [-0.05, 0) is 0 Å².